The second-order valence-corrected chi connectivity index (χ2v) is 7.91. The van der Waals surface area contributed by atoms with E-state index in [9.17, 15) is 9.59 Å². The average Bonchev–Trinajstić information content (AvgIpc) is 3.40. The minimum atomic E-state index is -0.547. The van der Waals surface area contributed by atoms with E-state index in [1.165, 1.54) is 17.4 Å². The van der Waals surface area contributed by atoms with Gasteiger partial charge in [0.05, 0.1) is 28.7 Å². The summed E-state index contributed by atoms with van der Waals surface area (Å²) in [5.41, 5.74) is 3.91. The van der Waals surface area contributed by atoms with Gasteiger partial charge in [-0.05, 0) is 36.4 Å². The molecule has 0 radical (unpaired) electrons. The van der Waals surface area contributed by atoms with Crippen LogP contribution in [-0.4, -0.2) is 33.3 Å². The first-order valence-electron chi connectivity index (χ1n) is 9.53. The third-order valence-corrected chi connectivity index (χ3v) is 5.91. The first-order chi connectivity index (χ1) is 14.5. The zero-order chi connectivity index (χ0) is 21.3. The van der Waals surface area contributed by atoms with Gasteiger partial charge in [-0.25, -0.2) is 4.79 Å². The molecular formula is C22H22N4O3S. The number of anilines is 1. The molecule has 30 heavy (non-hydrogen) atoms. The SMILES string of the molecule is COC(=O)c1c(NC(=O)c2cc3sccc3n2CCc2ccccc2)c(C)nn1C. The van der Waals surface area contributed by atoms with E-state index in [1.54, 1.807) is 25.3 Å². The van der Waals surface area contributed by atoms with Crippen molar-refractivity contribution in [1.29, 1.82) is 0 Å². The van der Waals surface area contributed by atoms with Crippen LogP contribution in [0.4, 0.5) is 5.69 Å². The van der Waals surface area contributed by atoms with E-state index < -0.39 is 5.97 Å². The lowest BCUT2D eigenvalue weighted by molar-refractivity contribution is 0.0589. The zero-order valence-electron chi connectivity index (χ0n) is 17.0. The van der Waals surface area contributed by atoms with Crippen molar-refractivity contribution < 1.29 is 14.3 Å². The van der Waals surface area contributed by atoms with Crippen molar-refractivity contribution in [2.45, 2.75) is 19.9 Å². The van der Waals surface area contributed by atoms with E-state index in [4.69, 9.17) is 4.74 Å². The van der Waals surface area contributed by atoms with E-state index >= 15 is 0 Å². The van der Waals surface area contributed by atoms with E-state index in [-0.39, 0.29) is 11.6 Å². The lowest BCUT2D eigenvalue weighted by Gasteiger charge is -2.12. The third kappa shape index (κ3) is 3.61. The van der Waals surface area contributed by atoms with E-state index in [0.717, 1.165) is 16.6 Å². The number of benzene rings is 1. The Labute approximate surface area is 177 Å². The number of nitrogens with one attached hydrogen (secondary N) is 1. The Morgan fingerprint density at radius 3 is 2.70 bits per heavy atom. The second kappa shape index (κ2) is 8.16. The summed E-state index contributed by atoms with van der Waals surface area (Å²) in [6.45, 7) is 2.41. The zero-order valence-corrected chi connectivity index (χ0v) is 17.8. The van der Waals surface area contributed by atoms with Crippen LogP contribution < -0.4 is 5.32 Å². The summed E-state index contributed by atoms with van der Waals surface area (Å²) >= 11 is 1.60. The molecule has 154 valence electrons. The van der Waals surface area contributed by atoms with Gasteiger partial charge in [-0.15, -0.1) is 11.3 Å². The van der Waals surface area contributed by atoms with Crippen LogP contribution >= 0.6 is 11.3 Å². The molecule has 0 spiro atoms. The molecule has 0 aliphatic rings. The number of rotatable bonds is 6. The Balaban J connectivity index is 1.66. The quantitative estimate of drug-likeness (QED) is 0.476. The van der Waals surface area contributed by atoms with Gasteiger partial charge in [0.25, 0.3) is 5.91 Å². The molecule has 8 heteroatoms. The maximum atomic E-state index is 13.2. The van der Waals surface area contributed by atoms with Crippen molar-refractivity contribution in [3.63, 3.8) is 0 Å². The molecule has 0 atom stereocenters. The number of esters is 1. The fraction of sp³-hybridized carbons (Fsp3) is 0.227. The van der Waals surface area contributed by atoms with E-state index in [0.29, 0.717) is 23.6 Å². The number of aromatic nitrogens is 3. The molecule has 1 N–H and O–H groups in total. The smallest absolute Gasteiger partial charge is 0.358 e. The highest BCUT2D eigenvalue weighted by Crippen LogP contribution is 2.27. The monoisotopic (exact) mass is 422 g/mol. The molecule has 0 saturated heterocycles. The van der Waals surface area contributed by atoms with Gasteiger partial charge < -0.3 is 14.6 Å². The molecule has 4 rings (SSSR count). The highest BCUT2D eigenvalue weighted by Gasteiger charge is 2.24. The number of aryl methyl sites for hydroxylation is 4. The van der Waals surface area contributed by atoms with Gasteiger partial charge in [0, 0.05) is 13.6 Å². The van der Waals surface area contributed by atoms with Crippen molar-refractivity contribution in [2.75, 3.05) is 12.4 Å². The standard InChI is InChI=1S/C22H22N4O3S/c1-14-19(20(22(28)29-3)25(2)24-14)23-21(27)17-13-18-16(10-12-30-18)26(17)11-9-15-7-5-4-6-8-15/h4-8,10,12-13H,9,11H2,1-3H3,(H,23,27). The fourth-order valence-corrected chi connectivity index (χ4v) is 4.43. The van der Waals surface area contributed by atoms with Crippen LogP contribution in [0.1, 0.15) is 32.2 Å². The Kier molecular flexibility index (Phi) is 5.41. The van der Waals surface area contributed by atoms with Crippen molar-refractivity contribution in [3.8, 4) is 0 Å². The molecule has 1 amide bonds. The summed E-state index contributed by atoms with van der Waals surface area (Å²) in [7, 11) is 2.95. The third-order valence-electron chi connectivity index (χ3n) is 5.06. The molecular weight excluding hydrogens is 400 g/mol. The fourth-order valence-electron chi connectivity index (χ4n) is 3.61. The van der Waals surface area contributed by atoms with Crippen LogP contribution in [0, 0.1) is 6.92 Å². The Morgan fingerprint density at radius 1 is 1.20 bits per heavy atom. The van der Waals surface area contributed by atoms with Crippen molar-refractivity contribution in [3.05, 3.63) is 70.5 Å². The molecule has 7 nitrogen and oxygen atoms in total. The molecule has 1 aromatic carbocycles. The topological polar surface area (TPSA) is 78.2 Å². The van der Waals surface area contributed by atoms with Crippen molar-refractivity contribution >= 4 is 39.1 Å². The average molecular weight is 423 g/mol. The number of fused-ring (bicyclic) bond motifs is 1. The van der Waals surface area contributed by atoms with Crippen LogP contribution in [0.25, 0.3) is 10.2 Å². The van der Waals surface area contributed by atoms with Crippen LogP contribution in [0.3, 0.4) is 0 Å². The van der Waals surface area contributed by atoms with Crippen LogP contribution in [0.15, 0.2) is 47.8 Å². The first-order valence-corrected chi connectivity index (χ1v) is 10.4. The lowest BCUT2D eigenvalue weighted by atomic mass is 10.1. The van der Waals surface area contributed by atoms with Gasteiger partial charge in [-0.1, -0.05) is 30.3 Å². The highest BCUT2D eigenvalue weighted by molar-refractivity contribution is 7.17. The van der Waals surface area contributed by atoms with Crippen LogP contribution in [-0.2, 0) is 24.8 Å². The number of hydrogen-bond donors (Lipinski definition) is 1. The lowest BCUT2D eigenvalue weighted by Crippen LogP contribution is -2.20. The molecule has 0 fully saturated rings. The predicted octanol–water partition coefficient (Wildman–Crippen LogP) is 4.03. The summed E-state index contributed by atoms with van der Waals surface area (Å²) in [5, 5.41) is 9.16. The molecule has 3 heterocycles. The van der Waals surface area contributed by atoms with Crippen LogP contribution in [0.2, 0.25) is 0 Å². The summed E-state index contributed by atoms with van der Waals surface area (Å²) in [5.74, 6) is -0.832. The molecule has 4 aromatic rings. The maximum Gasteiger partial charge on any atom is 0.358 e. The van der Waals surface area contributed by atoms with Gasteiger partial charge in [0.1, 0.15) is 5.69 Å². The van der Waals surface area contributed by atoms with Gasteiger partial charge in [0.2, 0.25) is 0 Å². The highest BCUT2D eigenvalue weighted by atomic mass is 32.1. The minimum Gasteiger partial charge on any atom is -0.464 e. The normalized spacial score (nSPS) is 11.0. The van der Waals surface area contributed by atoms with E-state index in [2.05, 4.69) is 22.5 Å². The Morgan fingerprint density at radius 2 is 1.97 bits per heavy atom. The number of carbonyl (C=O) groups excluding carboxylic acids is 2. The van der Waals surface area contributed by atoms with Crippen molar-refractivity contribution in [2.24, 2.45) is 7.05 Å². The van der Waals surface area contributed by atoms with Gasteiger partial charge in [-0.2, -0.15) is 5.10 Å². The molecule has 0 aliphatic heterocycles. The summed E-state index contributed by atoms with van der Waals surface area (Å²) in [6.07, 6.45) is 0.806. The van der Waals surface area contributed by atoms with Gasteiger partial charge in [0.15, 0.2) is 5.69 Å². The number of hydrogen-bond acceptors (Lipinski definition) is 5. The molecule has 0 unspecified atom stereocenters. The number of nitrogens with zero attached hydrogens (tertiary/aromatic N) is 3. The first kappa shape index (κ1) is 19.9. The van der Waals surface area contributed by atoms with Crippen molar-refractivity contribution in [1.82, 2.24) is 14.3 Å². The summed E-state index contributed by atoms with van der Waals surface area (Å²) < 4.78 is 9.34. The number of carbonyl (C=O) groups is 2. The molecule has 0 bridgehead atoms. The minimum absolute atomic E-state index is 0.215. The van der Waals surface area contributed by atoms with Gasteiger partial charge >= 0.3 is 5.97 Å². The number of thiophene rings is 1. The van der Waals surface area contributed by atoms with E-state index in [1.807, 2.05) is 40.3 Å². The molecule has 0 aliphatic carbocycles. The number of methoxy groups -OCH3 is 1. The van der Waals surface area contributed by atoms with Gasteiger partial charge in [-0.3, -0.25) is 9.48 Å². The number of ether oxygens (including phenoxy) is 1. The Hall–Kier alpha value is -3.39. The summed E-state index contributed by atoms with van der Waals surface area (Å²) in [6, 6.07) is 14.1. The molecule has 3 aromatic heterocycles. The largest absolute Gasteiger partial charge is 0.464 e. The molecule has 0 saturated carbocycles. The maximum absolute atomic E-state index is 13.2. The Bertz CT molecular complexity index is 1220. The number of amides is 1. The van der Waals surface area contributed by atoms with Crippen LogP contribution in [0.5, 0.6) is 0 Å². The summed E-state index contributed by atoms with van der Waals surface area (Å²) in [4.78, 5) is 25.4. The predicted molar refractivity (Wildman–Crippen MR) is 117 cm³/mol. The second-order valence-electron chi connectivity index (χ2n) is 6.97.